The number of piperazine rings is 1. The van der Waals surface area contributed by atoms with Crippen LogP contribution in [0.4, 0.5) is 0 Å². The minimum Gasteiger partial charge on any atom is -0.297 e. The van der Waals surface area contributed by atoms with Gasteiger partial charge in [0.1, 0.15) is 0 Å². The molecule has 2 aliphatic heterocycles. The molecule has 33 heavy (non-hydrogen) atoms. The zero-order valence-corrected chi connectivity index (χ0v) is 20.4. The summed E-state index contributed by atoms with van der Waals surface area (Å²) < 4.78 is 4.99. The number of hydrogen-bond donors (Lipinski definition) is 0. The molecule has 7 heteroatoms. The molecule has 3 heterocycles. The third kappa shape index (κ3) is 5.27. The molecule has 2 saturated heterocycles. The van der Waals surface area contributed by atoms with Gasteiger partial charge in [-0.1, -0.05) is 42.5 Å². The van der Waals surface area contributed by atoms with Crippen molar-refractivity contribution in [3.05, 3.63) is 76.3 Å². The maximum atomic E-state index is 5.94. The third-order valence-corrected chi connectivity index (χ3v) is 7.33. The normalized spacial score (nSPS) is 18.2. The Kier molecular flexibility index (Phi) is 7.02. The number of hydrogen-bond acceptors (Lipinski definition) is 5. The summed E-state index contributed by atoms with van der Waals surface area (Å²) in [6, 6.07) is 19.2. The molecule has 6 nitrogen and oxygen atoms in total. The Hall–Kier alpha value is -2.32. The number of rotatable bonds is 7. The standard InChI is InChI=1S/C26H34N6S/c1-22-9-5-6-10-23(22)19-29-15-17-30(18-16-29)21-31-26(33)32(24-11-3-2-4-12-24)25(27-31)20-28-13-7-8-14-28/h2-6,9-12H,7-8,13-21H2,1H3. The molecule has 1 aromatic heterocycles. The second-order valence-corrected chi connectivity index (χ2v) is 9.68. The topological polar surface area (TPSA) is 32.5 Å². The summed E-state index contributed by atoms with van der Waals surface area (Å²) in [5.41, 5.74) is 3.91. The highest BCUT2D eigenvalue weighted by atomic mass is 32.1. The van der Waals surface area contributed by atoms with E-state index in [9.17, 15) is 0 Å². The lowest BCUT2D eigenvalue weighted by Gasteiger charge is -2.34. The predicted molar refractivity (Wildman–Crippen MR) is 135 cm³/mol. The van der Waals surface area contributed by atoms with Crippen LogP contribution in [0.2, 0.25) is 0 Å². The van der Waals surface area contributed by atoms with Gasteiger partial charge in [-0.3, -0.25) is 19.3 Å². The SMILES string of the molecule is Cc1ccccc1CN1CCN(Cn2nc(CN3CCCC3)n(-c3ccccc3)c2=S)CC1. The van der Waals surface area contributed by atoms with E-state index in [-0.39, 0.29) is 0 Å². The van der Waals surface area contributed by atoms with Crippen molar-refractivity contribution in [3.8, 4) is 5.69 Å². The summed E-state index contributed by atoms with van der Waals surface area (Å²) in [4.78, 5) is 7.52. The van der Waals surface area contributed by atoms with Crippen molar-refractivity contribution in [2.75, 3.05) is 39.3 Å². The molecule has 174 valence electrons. The molecule has 5 rings (SSSR count). The zero-order valence-electron chi connectivity index (χ0n) is 19.6. The number of aromatic nitrogens is 3. The average molecular weight is 463 g/mol. The van der Waals surface area contributed by atoms with Crippen molar-refractivity contribution in [2.24, 2.45) is 0 Å². The van der Waals surface area contributed by atoms with Crippen LogP contribution in [-0.2, 0) is 19.8 Å². The summed E-state index contributed by atoms with van der Waals surface area (Å²) >= 11 is 5.94. The Morgan fingerprint density at radius 1 is 0.758 bits per heavy atom. The average Bonchev–Trinajstić information content (AvgIpc) is 3.45. The molecule has 0 aliphatic carbocycles. The van der Waals surface area contributed by atoms with Crippen molar-refractivity contribution < 1.29 is 0 Å². The van der Waals surface area contributed by atoms with E-state index in [2.05, 4.69) is 74.7 Å². The number of benzene rings is 2. The fourth-order valence-corrected chi connectivity index (χ4v) is 5.24. The van der Waals surface area contributed by atoms with E-state index in [1.807, 2.05) is 10.7 Å². The monoisotopic (exact) mass is 462 g/mol. The summed E-state index contributed by atoms with van der Waals surface area (Å²) in [5, 5.41) is 5.02. The smallest absolute Gasteiger partial charge is 0.203 e. The van der Waals surface area contributed by atoms with Crippen molar-refractivity contribution in [1.82, 2.24) is 29.0 Å². The van der Waals surface area contributed by atoms with Crippen molar-refractivity contribution in [1.29, 1.82) is 0 Å². The van der Waals surface area contributed by atoms with Crippen molar-refractivity contribution in [3.63, 3.8) is 0 Å². The first-order valence-electron chi connectivity index (χ1n) is 12.1. The Morgan fingerprint density at radius 2 is 1.39 bits per heavy atom. The molecule has 3 aromatic rings. The second-order valence-electron chi connectivity index (χ2n) is 9.31. The molecule has 0 N–H and O–H groups in total. The fraction of sp³-hybridized carbons (Fsp3) is 0.462. The maximum absolute atomic E-state index is 5.94. The van der Waals surface area contributed by atoms with Crippen LogP contribution in [0, 0.1) is 11.7 Å². The van der Waals surface area contributed by atoms with Gasteiger partial charge >= 0.3 is 0 Å². The molecule has 0 unspecified atom stereocenters. The molecule has 0 saturated carbocycles. The number of nitrogens with zero attached hydrogens (tertiary/aromatic N) is 6. The van der Waals surface area contributed by atoms with Gasteiger partial charge in [0.25, 0.3) is 0 Å². The zero-order chi connectivity index (χ0) is 22.6. The van der Waals surface area contributed by atoms with Gasteiger partial charge in [0.15, 0.2) is 5.82 Å². The van der Waals surface area contributed by atoms with E-state index < -0.39 is 0 Å². The van der Waals surface area contributed by atoms with Crippen LogP contribution in [0.3, 0.4) is 0 Å². The van der Waals surface area contributed by atoms with E-state index in [0.29, 0.717) is 0 Å². The molecule has 0 amide bonds. The molecular formula is C26H34N6S. The van der Waals surface area contributed by atoms with Gasteiger partial charge in [0.2, 0.25) is 4.77 Å². The van der Waals surface area contributed by atoms with E-state index in [4.69, 9.17) is 17.3 Å². The van der Waals surface area contributed by atoms with E-state index >= 15 is 0 Å². The van der Waals surface area contributed by atoms with E-state index in [1.165, 1.54) is 24.0 Å². The quantitative estimate of drug-likeness (QED) is 0.494. The molecule has 0 spiro atoms. The van der Waals surface area contributed by atoms with Gasteiger partial charge in [-0.25, -0.2) is 4.68 Å². The first-order chi connectivity index (χ1) is 16.2. The first kappa shape index (κ1) is 22.5. The highest BCUT2D eigenvalue weighted by Crippen LogP contribution is 2.18. The lowest BCUT2D eigenvalue weighted by Crippen LogP contribution is -2.46. The van der Waals surface area contributed by atoms with E-state index in [1.54, 1.807) is 0 Å². The molecule has 2 aromatic carbocycles. The highest BCUT2D eigenvalue weighted by Gasteiger charge is 2.22. The number of para-hydroxylation sites is 1. The summed E-state index contributed by atoms with van der Waals surface area (Å²) in [6.45, 7) is 11.4. The molecule has 0 bridgehead atoms. The molecular weight excluding hydrogens is 428 g/mol. The number of aryl methyl sites for hydroxylation is 1. The number of likely N-dealkylation sites (tertiary alicyclic amines) is 1. The highest BCUT2D eigenvalue weighted by molar-refractivity contribution is 7.71. The lowest BCUT2D eigenvalue weighted by molar-refractivity contribution is 0.0978. The summed E-state index contributed by atoms with van der Waals surface area (Å²) in [7, 11) is 0. The lowest BCUT2D eigenvalue weighted by atomic mass is 10.1. The van der Waals surface area contributed by atoms with Crippen molar-refractivity contribution >= 4 is 12.2 Å². The van der Waals surface area contributed by atoms with Gasteiger partial charge in [0.05, 0.1) is 13.2 Å². The van der Waals surface area contributed by atoms with Crippen LogP contribution in [0.25, 0.3) is 5.69 Å². The van der Waals surface area contributed by atoms with Crippen LogP contribution in [0.5, 0.6) is 0 Å². The first-order valence-corrected chi connectivity index (χ1v) is 12.5. The minimum atomic E-state index is 0.754. The Bertz CT molecular complexity index is 1110. The van der Waals surface area contributed by atoms with Gasteiger partial charge in [0, 0.05) is 38.4 Å². The van der Waals surface area contributed by atoms with Gasteiger partial charge in [-0.05, 0) is 68.3 Å². The molecule has 2 aliphatic rings. The van der Waals surface area contributed by atoms with Crippen LogP contribution in [0.1, 0.15) is 29.8 Å². The van der Waals surface area contributed by atoms with Gasteiger partial charge < -0.3 is 0 Å². The fourth-order valence-electron chi connectivity index (χ4n) is 4.93. The predicted octanol–water partition coefficient (Wildman–Crippen LogP) is 4.08. The van der Waals surface area contributed by atoms with Crippen LogP contribution >= 0.6 is 12.2 Å². The Labute approximate surface area is 202 Å². The third-order valence-electron chi connectivity index (χ3n) is 6.94. The largest absolute Gasteiger partial charge is 0.297 e. The second kappa shape index (κ2) is 10.3. The van der Waals surface area contributed by atoms with Crippen LogP contribution in [0.15, 0.2) is 54.6 Å². The molecule has 0 atom stereocenters. The minimum absolute atomic E-state index is 0.754. The Morgan fingerprint density at radius 3 is 2.12 bits per heavy atom. The summed E-state index contributed by atoms with van der Waals surface area (Å²) in [6.07, 6.45) is 2.55. The van der Waals surface area contributed by atoms with Crippen LogP contribution in [-0.4, -0.2) is 68.3 Å². The van der Waals surface area contributed by atoms with E-state index in [0.717, 1.165) is 75.3 Å². The van der Waals surface area contributed by atoms with Gasteiger partial charge in [-0.15, -0.1) is 0 Å². The van der Waals surface area contributed by atoms with Crippen LogP contribution < -0.4 is 0 Å². The maximum Gasteiger partial charge on any atom is 0.203 e. The Balaban J connectivity index is 1.28. The van der Waals surface area contributed by atoms with Crippen molar-refractivity contribution in [2.45, 2.75) is 39.5 Å². The molecule has 2 fully saturated rings. The summed E-state index contributed by atoms with van der Waals surface area (Å²) in [5.74, 6) is 1.05. The molecule has 0 radical (unpaired) electrons. The van der Waals surface area contributed by atoms with Gasteiger partial charge in [-0.2, -0.15) is 5.10 Å².